The predicted octanol–water partition coefficient (Wildman–Crippen LogP) is 0.132. The molecule has 0 saturated heterocycles. The van der Waals surface area contributed by atoms with Gasteiger partial charge in [0.05, 0.1) is 5.69 Å². The van der Waals surface area contributed by atoms with E-state index in [1.807, 2.05) is 0 Å². The van der Waals surface area contributed by atoms with Crippen LogP contribution in [0.4, 0.5) is 5.69 Å². The molecule has 0 bridgehead atoms. The van der Waals surface area contributed by atoms with Crippen molar-refractivity contribution < 1.29 is 14.3 Å². The number of ether oxygens (including phenoxy) is 1. The molecule has 114 valence electrons. The number of fused-ring (bicyclic) bond motifs is 1. The van der Waals surface area contributed by atoms with Crippen molar-refractivity contribution in [1.29, 1.82) is 0 Å². The Kier molecular flexibility index (Phi) is 3.73. The quantitative estimate of drug-likeness (QED) is 0.836. The first-order chi connectivity index (χ1) is 10.6. The summed E-state index contributed by atoms with van der Waals surface area (Å²) in [7, 11) is 1.66. The summed E-state index contributed by atoms with van der Waals surface area (Å²) in [5.74, 6) is 0.953. The van der Waals surface area contributed by atoms with E-state index >= 15 is 0 Å². The lowest BCUT2D eigenvalue weighted by Gasteiger charge is -2.26. The fourth-order valence-corrected chi connectivity index (χ4v) is 2.16. The van der Waals surface area contributed by atoms with E-state index in [1.165, 1.54) is 11.2 Å². The number of aromatic amines is 1. The summed E-state index contributed by atoms with van der Waals surface area (Å²) < 4.78 is 5.33. The Morgan fingerprint density at radius 2 is 2.36 bits per heavy atom. The maximum atomic E-state index is 12.1. The number of likely N-dealkylation sites (N-methyl/N-ethyl adjacent to an activating group) is 1. The minimum Gasteiger partial charge on any atom is -0.482 e. The van der Waals surface area contributed by atoms with Crippen molar-refractivity contribution in [2.75, 3.05) is 25.1 Å². The molecule has 0 fully saturated rings. The van der Waals surface area contributed by atoms with Crippen molar-refractivity contribution in [3.05, 3.63) is 35.9 Å². The number of carbonyl (C=O) groups is 2. The van der Waals surface area contributed by atoms with Crippen LogP contribution in [-0.2, 0) is 11.2 Å². The maximum absolute atomic E-state index is 12.1. The standard InChI is InChI=1S/C14H15N5O3/c1-19-10-6-9(2-3-11(10)22-7-13(19)20)14(21)15-5-4-12-16-8-17-18-12/h2-3,6,8H,4-5,7H2,1H3,(H,15,21)(H,16,17,18). The van der Waals surface area contributed by atoms with E-state index < -0.39 is 0 Å². The molecule has 0 saturated carbocycles. The van der Waals surface area contributed by atoms with E-state index in [9.17, 15) is 9.59 Å². The third-order valence-electron chi connectivity index (χ3n) is 3.42. The zero-order valence-corrected chi connectivity index (χ0v) is 12.0. The summed E-state index contributed by atoms with van der Waals surface area (Å²) in [4.78, 5) is 29.2. The number of carbonyl (C=O) groups excluding carboxylic acids is 2. The highest BCUT2D eigenvalue weighted by Crippen LogP contribution is 2.31. The van der Waals surface area contributed by atoms with Gasteiger partial charge in [-0.15, -0.1) is 0 Å². The number of anilines is 1. The Bertz CT molecular complexity index is 699. The molecule has 0 radical (unpaired) electrons. The second-order valence-corrected chi connectivity index (χ2v) is 4.86. The van der Waals surface area contributed by atoms with Gasteiger partial charge in [0.25, 0.3) is 11.8 Å². The number of nitrogens with one attached hydrogen (secondary N) is 2. The first-order valence-corrected chi connectivity index (χ1v) is 6.81. The average Bonchev–Trinajstić information content (AvgIpc) is 3.04. The minimum atomic E-state index is -0.214. The normalized spacial score (nSPS) is 13.5. The molecule has 8 nitrogen and oxygen atoms in total. The molecule has 22 heavy (non-hydrogen) atoms. The van der Waals surface area contributed by atoms with Gasteiger partial charge in [0.1, 0.15) is 17.9 Å². The van der Waals surface area contributed by atoms with Crippen LogP contribution >= 0.6 is 0 Å². The van der Waals surface area contributed by atoms with Crippen LogP contribution in [-0.4, -0.2) is 47.2 Å². The Balaban J connectivity index is 1.67. The fraction of sp³-hybridized carbons (Fsp3) is 0.286. The molecule has 2 amide bonds. The first kappa shape index (κ1) is 14.1. The second-order valence-electron chi connectivity index (χ2n) is 4.86. The highest BCUT2D eigenvalue weighted by atomic mass is 16.5. The van der Waals surface area contributed by atoms with Gasteiger partial charge in [0.2, 0.25) is 0 Å². The van der Waals surface area contributed by atoms with E-state index in [-0.39, 0.29) is 18.4 Å². The number of amides is 2. The van der Waals surface area contributed by atoms with Gasteiger partial charge in [-0.05, 0) is 18.2 Å². The summed E-state index contributed by atoms with van der Waals surface area (Å²) in [6, 6.07) is 5.02. The maximum Gasteiger partial charge on any atom is 0.264 e. The van der Waals surface area contributed by atoms with Crippen LogP contribution < -0.4 is 15.0 Å². The van der Waals surface area contributed by atoms with Crippen LogP contribution in [0.3, 0.4) is 0 Å². The van der Waals surface area contributed by atoms with Gasteiger partial charge in [-0.1, -0.05) is 0 Å². The number of hydrogen-bond donors (Lipinski definition) is 2. The Morgan fingerprint density at radius 3 is 3.14 bits per heavy atom. The van der Waals surface area contributed by atoms with Gasteiger partial charge >= 0.3 is 0 Å². The van der Waals surface area contributed by atoms with Gasteiger partial charge in [-0.25, -0.2) is 4.98 Å². The highest BCUT2D eigenvalue weighted by molar-refractivity contribution is 6.00. The molecule has 0 unspecified atom stereocenters. The van der Waals surface area contributed by atoms with Gasteiger partial charge in [0, 0.05) is 25.6 Å². The van der Waals surface area contributed by atoms with Gasteiger partial charge in [-0.2, -0.15) is 5.10 Å². The molecule has 0 atom stereocenters. The molecule has 8 heteroatoms. The van der Waals surface area contributed by atoms with E-state index in [1.54, 1.807) is 25.2 Å². The number of aromatic nitrogens is 3. The van der Waals surface area contributed by atoms with Crippen LogP contribution in [0.1, 0.15) is 16.2 Å². The third-order valence-corrected chi connectivity index (χ3v) is 3.42. The molecule has 0 aliphatic carbocycles. The second kappa shape index (κ2) is 5.84. The lowest BCUT2D eigenvalue weighted by molar-refractivity contribution is -0.120. The van der Waals surface area contributed by atoms with Crippen LogP contribution in [0, 0.1) is 0 Å². The molecule has 2 aromatic rings. The molecule has 1 aromatic carbocycles. The lowest BCUT2D eigenvalue weighted by atomic mass is 10.1. The summed E-state index contributed by atoms with van der Waals surface area (Å²) in [6.45, 7) is 0.461. The molecule has 3 rings (SSSR count). The van der Waals surface area contributed by atoms with Crippen LogP contribution in [0.2, 0.25) is 0 Å². The summed E-state index contributed by atoms with van der Waals surface area (Å²) in [6.07, 6.45) is 1.99. The third kappa shape index (κ3) is 2.76. The Morgan fingerprint density at radius 1 is 1.50 bits per heavy atom. The number of rotatable bonds is 4. The van der Waals surface area contributed by atoms with Gasteiger partial charge in [0.15, 0.2) is 6.61 Å². The monoisotopic (exact) mass is 301 g/mol. The molecule has 2 heterocycles. The van der Waals surface area contributed by atoms with Crippen molar-refractivity contribution in [2.45, 2.75) is 6.42 Å². The Hall–Kier alpha value is -2.90. The van der Waals surface area contributed by atoms with Crippen molar-refractivity contribution >= 4 is 17.5 Å². The van der Waals surface area contributed by atoms with E-state index in [0.717, 1.165) is 0 Å². The van der Waals surface area contributed by atoms with Crippen LogP contribution in [0.5, 0.6) is 5.75 Å². The number of hydrogen-bond acceptors (Lipinski definition) is 5. The van der Waals surface area contributed by atoms with Crippen LogP contribution in [0.25, 0.3) is 0 Å². The molecular weight excluding hydrogens is 286 g/mol. The zero-order chi connectivity index (χ0) is 15.5. The first-order valence-electron chi connectivity index (χ1n) is 6.81. The molecule has 1 aliphatic rings. The van der Waals surface area contributed by atoms with Crippen LogP contribution in [0.15, 0.2) is 24.5 Å². The number of benzene rings is 1. The summed E-state index contributed by atoms with van der Waals surface area (Å²) in [5.41, 5.74) is 1.07. The fourth-order valence-electron chi connectivity index (χ4n) is 2.16. The van der Waals surface area contributed by atoms with Crippen molar-refractivity contribution in [3.8, 4) is 5.75 Å². The van der Waals surface area contributed by atoms with E-state index in [4.69, 9.17) is 4.74 Å². The highest BCUT2D eigenvalue weighted by Gasteiger charge is 2.23. The zero-order valence-electron chi connectivity index (χ0n) is 12.0. The topological polar surface area (TPSA) is 100 Å². The largest absolute Gasteiger partial charge is 0.482 e. The van der Waals surface area contributed by atoms with Gasteiger partial charge in [-0.3, -0.25) is 14.7 Å². The minimum absolute atomic E-state index is 0.0201. The molecule has 0 spiro atoms. The summed E-state index contributed by atoms with van der Waals surface area (Å²) >= 11 is 0. The lowest BCUT2D eigenvalue weighted by Crippen LogP contribution is -2.35. The van der Waals surface area contributed by atoms with Gasteiger partial charge < -0.3 is 15.0 Å². The van der Waals surface area contributed by atoms with Crippen molar-refractivity contribution in [3.63, 3.8) is 0 Å². The van der Waals surface area contributed by atoms with Crippen molar-refractivity contribution in [2.24, 2.45) is 0 Å². The molecule has 2 N–H and O–H groups in total. The van der Waals surface area contributed by atoms with E-state index in [0.29, 0.717) is 35.8 Å². The van der Waals surface area contributed by atoms with E-state index in [2.05, 4.69) is 20.5 Å². The number of H-pyrrole nitrogens is 1. The van der Waals surface area contributed by atoms with Crippen molar-refractivity contribution in [1.82, 2.24) is 20.5 Å². The Labute approximate surface area is 126 Å². The summed E-state index contributed by atoms with van der Waals surface area (Å²) in [5, 5.41) is 9.27. The molecule has 1 aromatic heterocycles. The molecular formula is C14H15N5O3. The molecule has 1 aliphatic heterocycles. The predicted molar refractivity (Wildman–Crippen MR) is 77.8 cm³/mol. The smallest absolute Gasteiger partial charge is 0.264 e. The average molecular weight is 301 g/mol. The SMILES string of the molecule is CN1C(=O)COc2ccc(C(=O)NCCc3ncn[nH]3)cc21. The number of nitrogens with zero attached hydrogens (tertiary/aromatic N) is 3.